The minimum atomic E-state index is -0.579. The smallest absolute Gasteiger partial charge is 0.299 e. The van der Waals surface area contributed by atoms with Crippen molar-refractivity contribution in [1.82, 2.24) is 5.32 Å². The number of amides is 1. The third kappa shape index (κ3) is 3.32. The van der Waals surface area contributed by atoms with Crippen LogP contribution >= 0.6 is 15.9 Å². The molecule has 4 nitrogen and oxygen atoms in total. The van der Waals surface area contributed by atoms with Crippen LogP contribution in [0.1, 0.15) is 30.6 Å². The molecule has 0 aliphatic carbocycles. The molecule has 1 amide bonds. The van der Waals surface area contributed by atoms with Crippen molar-refractivity contribution in [2.75, 3.05) is 24.5 Å². The molecule has 1 unspecified atom stereocenters. The fraction of sp³-hybridized carbons (Fsp3) is 0.467. The molecule has 0 radical (unpaired) electrons. The van der Waals surface area contributed by atoms with Crippen molar-refractivity contribution in [3.8, 4) is 0 Å². The molecule has 0 aromatic heterocycles. The molecule has 0 saturated carbocycles. The Kier molecular flexibility index (Phi) is 5.11. The van der Waals surface area contributed by atoms with Crippen LogP contribution in [0, 0.1) is 11.7 Å². The Bertz CT molecular complexity index is 577. The van der Waals surface area contributed by atoms with E-state index in [-0.39, 0.29) is 16.0 Å². The zero-order valence-electron chi connectivity index (χ0n) is 12.1. The average Bonchev–Trinajstić information content (AvgIpc) is 2.65. The number of rotatable bonds is 6. The van der Waals surface area contributed by atoms with Crippen LogP contribution in [0.3, 0.4) is 0 Å². The van der Waals surface area contributed by atoms with Crippen LogP contribution in [-0.4, -0.2) is 31.3 Å². The van der Waals surface area contributed by atoms with E-state index < -0.39 is 17.5 Å². The molecular formula is C15H18BrFN2O2. The Morgan fingerprint density at radius 2 is 2.10 bits per heavy atom. The fourth-order valence-corrected chi connectivity index (χ4v) is 2.71. The molecule has 1 aliphatic heterocycles. The largest absolute Gasteiger partial charge is 0.316 e. The number of benzene rings is 1. The van der Waals surface area contributed by atoms with Gasteiger partial charge in [-0.3, -0.25) is 9.59 Å². The van der Waals surface area contributed by atoms with Gasteiger partial charge >= 0.3 is 0 Å². The molecule has 0 fully saturated rings. The van der Waals surface area contributed by atoms with Gasteiger partial charge in [-0.25, -0.2) is 4.39 Å². The average molecular weight is 357 g/mol. The van der Waals surface area contributed by atoms with E-state index in [0.717, 1.165) is 19.5 Å². The Morgan fingerprint density at radius 1 is 1.38 bits per heavy atom. The minimum Gasteiger partial charge on any atom is -0.316 e. The highest BCUT2D eigenvalue weighted by atomic mass is 79.9. The predicted octanol–water partition coefficient (Wildman–Crippen LogP) is 2.75. The first-order valence-corrected chi connectivity index (χ1v) is 7.81. The maximum Gasteiger partial charge on any atom is 0.299 e. The zero-order chi connectivity index (χ0) is 15.6. The number of nitrogens with zero attached hydrogens (tertiary/aromatic N) is 1. The third-order valence-electron chi connectivity index (χ3n) is 3.43. The lowest BCUT2D eigenvalue weighted by molar-refractivity contribution is -0.114. The molecule has 0 saturated heterocycles. The molecule has 1 aromatic carbocycles. The van der Waals surface area contributed by atoms with Gasteiger partial charge in [0.1, 0.15) is 5.82 Å². The highest BCUT2D eigenvalue weighted by molar-refractivity contribution is 9.10. The van der Waals surface area contributed by atoms with Crippen molar-refractivity contribution >= 4 is 33.3 Å². The van der Waals surface area contributed by atoms with Crippen LogP contribution in [0.15, 0.2) is 16.6 Å². The van der Waals surface area contributed by atoms with E-state index in [9.17, 15) is 14.0 Å². The van der Waals surface area contributed by atoms with Gasteiger partial charge in [0.2, 0.25) is 0 Å². The van der Waals surface area contributed by atoms with Gasteiger partial charge in [0.25, 0.3) is 11.7 Å². The van der Waals surface area contributed by atoms with Gasteiger partial charge < -0.3 is 10.2 Å². The summed E-state index contributed by atoms with van der Waals surface area (Å²) in [5.41, 5.74) is 0.634. The summed E-state index contributed by atoms with van der Waals surface area (Å²) in [7, 11) is 0. The van der Waals surface area contributed by atoms with Gasteiger partial charge in [-0.15, -0.1) is 0 Å². The van der Waals surface area contributed by atoms with Gasteiger partial charge in [0.05, 0.1) is 15.7 Å². The number of Topliss-reactive ketones (excluding diaryl/α,β-unsaturated/α-hetero) is 1. The standard InChI is InChI=1S/C15H18BrFN2O2/c1-3-4-18-7-9(2)8-19-13-6-12(17)11(16)5-10(13)14(20)15(19)21/h5-6,9,18H,3-4,7-8H2,1-2H3. The van der Waals surface area contributed by atoms with Crippen molar-refractivity contribution in [3.05, 3.63) is 28.0 Å². The Morgan fingerprint density at radius 3 is 2.76 bits per heavy atom. The highest BCUT2D eigenvalue weighted by Gasteiger charge is 2.37. The number of fused-ring (bicyclic) bond motifs is 1. The second kappa shape index (κ2) is 6.66. The van der Waals surface area contributed by atoms with E-state index in [2.05, 4.69) is 28.2 Å². The lowest BCUT2D eigenvalue weighted by Gasteiger charge is -2.21. The van der Waals surface area contributed by atoms with Gasteiger partial charge in [-0.05, 0) is 53.5 Å². The van der Waals surface area contributed by atoms with Gasteiger partial charge in [-0.1, -0.05) is 13.8 Å². The molecule has 1 atom stereocenters. The Hall–Kier alpha value is -1.27. The van der Waals surface area contributed by atoms with E-state index in [1.165, 1.54) is 17.0 Å². The molecule has 2 rings (SSSR count). The first-order valence-electron chi connectivity index (χ1n) is 7.01. The molecule has 1 heterocycles. The second-order valence-electron chi connectivity index (χ2n) is 5.34. The predicted molar refractivity (Wildman–Crippen MR) is 83.1 cm³/mol. The molecule has 1 N–H and O–H groups in total. The summed E-state index contributed by atoms with van der Waals surface area (Å²) in [6.07, 6.45) is 1.04. The van der Waals surface area contributed by atoms with Crippen molar-refractivity contribution in [1.29, 1.82) is 0 Å². The van der Waals surface area contributed by atoms with E-state index in [4.69, 9.17) is 0 Å². The lowest BCUT2D eigenvalue weighted by atomic mass is 10.1. The number of halogens is 2. The summed E-state index contributed by atoms with van der Waals surface area (Å²) in [6, 6.07) is 2.62. The number of hydrogen-bond acceptors (Lipinski definition) is 3. The van der Waals surface area contributed by atoms with Crippen LogP contribution in [0.4, 0.5) is 10.1 Å². The summed E-state index contributed by atoms with van der Waals surface area (Å²) in [5.74, 6) is -1.45. The zero-order valence-corrected chi connectivity index (χ0v) is 13.7. The minimum absolute atomic E-state index is 0.172. The summed E-state index contributed by atoms with van der Waals surface area (Å²) in [5, 5.41) is 3.27. The topological polar surface area (TPSA) is 49.4 Å². The van der Waals surface area contributed by atoms with Crippen LogP contribution in [-0.2, 0) is 4.79 Å². The van der Waals surface area contributed by atoms with Gasteiger partial charge in [0, 0.05) is 6.54 Å². The number of hydrogen-bond donors (Lipinski definition) is 1. The molecular weight excluding hydrogens is 339 g/mol. The van der Waals surface area contributed by atoms with Crippen LogP contribution in [0.25, 0.3) is 0 Å². The van der Waals surface area contributed by atoms with Crippen LogP contribution in [0.2, 0.25) is 0 Å². The summed E-state index contributed by atoms with van der Waals surface area (Å²) in [4.78, 5) is 25.4. The fourth-order valence-electron chi connectivity index (χ4n) is 2.37. The highest BCUT2D eigenvalue weighted by Crippen LogP contribution is 2.33. The SMILES string of the molecule is CCCNCC(C)CN1C(=O)C(=O)c2cc(Br)c(F)cc21. The first-order chi connectivity index (χ1) is 9.95. The molecule has 0 bridgehead atoms. The van der Waals surface area contributed by atoms with Crippen molar-refractivity contribution in [2.45, 2.75) is 20.3 Å². The lowest BCUT2D eigenvalue weighted by Crippen LogP contribution is -2.37. The van der Waals surface area contributed by atoms with Crippen molar-refractivity contribution in [2.24, 2.45) is 5.92 Å². The van der Waals surface area contributed by atoms with Crippen molar-refractivity contribution < 1.29 is 14.0 Å². The Labute approximate surface area is 131 Å². The summed E-state index contributed by atoms with van der Waals surface area (Å²) in [6.45, 7) is 6.13. The molecule has 0 spiro atoms. The van der Waals surface area contributed by atoms with Crippen LogP contribution < -0.4 is 10.2 Å². The number of carbonyl (C=O) groups excluding carboxylic acids is 2. The first kappa shape index (κ1) is 16.1. The number of ketones is 1. The maximum absolute atomic E-state index is 13.7. The van der Waals surface area contributed by atoms with E-state index in [0.29, 0.717) is 12.2 Å². The number of anilines is 1. The molecule has 6 heteroatoms. The van der Waals surface area contributed by atoms with Crippen molar-refractivity contribution in [3.63, 3.8) is 0 Å². The van der Waals surface area contributed by atoms with E-state index in [1.54, 1.807) is 0 Å². The molecule has 21 heavy (non-hydrogen) atoms. The normalized spacial score (nSPS) is 15.5. The Balaban J connectivity index is 2.17. The van der Waals surface area contributed by atoms with Crippen LogP contribution in [0.5, 0.6) is 0 Å². The molecule has 1 aromatic rings. The monoisotopic (exact) mass is 356 g/mol. The summed E-state index contributed by atoms with van der Waals surface area (Å²) < 4.78 is 13.9. The molecule has 114 valence electrons. The second-order valence-corrected chi connectivity index (χ2v) is 6.19. The molecule has 1 aliphatic rings. The third-order valence-corrected chi connectivity index (χ3v) is 4.03. The van der Waals surface area contributed by atoms with E-state index >= 15 is 0 Å². The quantitative estimate of drug-likeness (QED) is 0.629. The van der Waals surface area contributed by atoms with Gasteiger partial charge in [0.15, 0.2) is 0 Å². The number of nitrogens with one attached hydrogen (secondary N) is 1. The summed E-state index contributed by atoms with van der Waals surface area (Å²) >= 11 is 3.04. The number of carbonyl (C=O) groups is 2. The maximum atomic E-state index is 13.7. The van der Waals surface area contributed by atoms with E-state index in [1.807, 2.05) is 6.92 Å². The van der Waals surface area contributed by atoms with Gasteiger partial charge in [-0.2, -0.15) is 0 Å².